The highest BCUT2D eigenvalue weighted by molar-refractivity contribution is 7.99. The van der Waals surface area contributed by atoms with Gasteiger partial charge >= 0.3 is 6.18 Å². The molecule has 0 aliphatic carbocycles. The van der Waals surface area contributed by atoms with Gasteiger partial charge in [-0.25, -0.2) is 0 Å². The molecule has 0 saturated carbocycles. The van der Waals surface area contributed by atoms with Gasteiger partial charge in [-0.05, 0) is 49.4 Å². The number of halogens is 4. The smallest absolute Gasteiger partial charge is 0.325 e. The van der Waals surface area contributed by atoms with E-state index in [0.717, 1.165) is 29.5 Å². The Morgan fingerprint density at radius 3 is 2.55 bits per heavy atom. The third-order valence-corrected chi connectivity index (χ3v) is 5.16. The summed E-state index contributed by atoms with van der Waals surface area (Å²) in [6, 6.07) is 11.7. The minimum Gasteiger partial charge on any atom is -0.325 e. The number of thioether (sulfide) groups is 1. The Balaban J connectivity index is 1.67. The van der Waals surface area contributed by atoms with Crippen molar-refractivity contribution in [2.24, 2.45) is 0 Å². The Morgan fingerprint density at radius 2 is 1.90 bits per heavy atom. The Morgan fingerprint density at radius 1 is 1.17 bits per heavy atom. The van der Waals surface area contributed by atoms with Gasteiger partial charge < -0.3 is 9.88 Å². The molecule has 1 N–H and O–H groups in total. The van der Waals surface area contributed by atoms with Crippen molar-refractivity contribution in [3.05, 3.63) is 59.1 Å². The van der Waals surface area contributed by atoms with Crippen LogP contribution in [0.1, 0.15) is 12.5 Å². The van der Waals surface area contributed by atoms with Crippen LogP contribution in [0.4, 0.5) is 18.9 Å². The molecular formula is C19H16ClF3N4OS. The molecular weight excluding hydrogens is 425 g/mol. The fraction of sp³-hybridized carbons (Fsp3) is 0.211. The topological polar surface area (TPSA) is 59.8 Å². The molecule has 0 atom stereocenters. The van der Waals surface area contributed by atoms with Crippen molar-refractivity contribution in [2.45, 2.75) is 24.8 Å². The molecule has 0 saturated heterocycles. The predicted molar refractivity (Wildman–Crippen MR) is 107 cm³/mol. The predicted octanol–water partition coefficient (Wildman–Crippen LogP) is 5.37. The van der Waals surface area contributed by atoms with Crippen LogP contribution in [0.25, 0.3) is 11.4 Å². The lowest BCUT2D eigenvalue weighted by Gasteiger charge is -2.10. The van der Waals surface area contributed by atoms with Gasteiger partial charge in [-0.3, -0.25) is 4.79 Å². The first kappa shape index (κ1) is 21.2. The van der Waals surface area contributed by atoms with Crippen LogP contribution in [0.15, 0.2) is 53.7 Å². The molecule has 1 heterocycles. The van der Waals surface area contributed by atoms with Crippen LogP contribution >= 0.6 is 23.4 Å². The molecule has 1 amide bonds. The molecule has 0 aliphatic heterocycles. The summed E-state index contributed by atoms with van der Waals surface area (Å²) in [7, 11) is 0. The number of benzene rings is 2. The van der Waals surface area contributed by atoms with Gasteiger partial charge in [0.25, 0.3) is 0 Å². The largest absolute Gasteiger partial charge is 0.416 e. The molecule has 1 aromatic heterocycles. The van der Waals surface area contributed by atoms with Crippen LogP contribution in [-0.2, 0) is 17.5 Å². The second kappa shape index (κ2) is 8.87. The molecule has 0 radical (unpaired) electrons. The minimum absolute atomic E-state index is 0.0189. The minimum atomic E-state index is -4.47. The van der Waals surface area contributed by atoms with Gasteiger partial charge in [0.15, 0.2) is 11.0 Å². The van der Waals surface area contributed by atoms with E-state index in [9.17, 15) is 18.0 Å². The lowest BCUT2D eigenvalue weighted by Crippen LogP contribution is -2.15. The maximum atomic E-state index is 12.8. The van der Waals surface area contributed by atoms with E-state index in [1.165, 1.54) is 12.1 Å². The summed E-state index contributed by atoms with van der Waals surface area (Å²) in [4.78, 5) is 12.2. The number of amides is 1. The molecule has 2 aromatic carbocycles. The van der Waals surface area contributed by atoms with Crippen molar-refractivity contribution >= 4 is 35.0 Å². The zero-order chi connectivity index (χ0) is 21.0. The Hall–Kier alpha value is -2.52. The highest BCUT2D eigenvalue weighted by Gasteiger charge is 2.30. The monoisotopic (exact) mass is 440 g/mol. The molecule has 3 aromatic rings. The van der Waals surface area contributed by atoms with E-state index in [0.29, 0.717) is 22.5 Å². The number of hydrogen-bond donors (Lipinski definition) is 1. The second-order valence-corrected chi connectivity index (χ2v) is 7.35. The van der Waals surface area contributed by atoms with Gasteiger partial charge in [0.2, 0.25) is 5.91 Å². The van der Waals surface area contributed by atoms with Crippen molar-refractivity contribution in [1.29, 1.82) is 0 Å². The van der Waals surface area contributed by atoms with E-state index in [-0.39, 0.29) is 11.4 Å². The van der Waals surface area contributed by atoms with Gasteiger partial charge in [-0.2, -0.15) is 13.2 Å². The summed E-state index contributed by atoms with van der Waals surface area (Å²) >= 11 is 7.07. The summed E-state index contributed by atoms with van der Waals surface area (Å²) in [5, 5.41) is 11.9. The SMILES string of the molecule is CCn1c(SCC(=O)Nc2cccc(C(F)(F)F)c2)nnc1-c1ccc(Cl)cc1. The zero-order valence-corrected chi connectivity index (χ0v) is 16.8. The summed E-state index contributed by atoms with van der Waals surface area (Å²) in [5.41, 5.74) is 0.106. The van der Waals surface area contributed by atoms with Gasteiger partial charge in [0.05, 0.1) is 11.3 Å². The van der Waals surface area contributed by atoms with Gasteiger partial charge in [0, 0.05) is 22.8 Å². The third-order valence-electron chi connectivity index (χ3n) is 3.94. The van der Waals surface area contributed by atoms with E-state index in [1.54, 1.807) is 12.1 Å². The lowest BCUT2D eigenvalue weighted by molar-refractivity contribution is -0.137. The second-order valence-electron chi connectivity index (χ2n) is 5.97. The fourth-order valence-electron chi connectivity index (χ4n) is 2.59. The highest BCUT2D eigenvalue weighted by atomic mass is 35.5. The average Bonchev–Trinajstić information content (AvgIpc) is 3.09. The number of anilines is 1. The summed E-state index contributed by atoms with van der Waals surface area (Å²) in [6.07, 6.45) is -4.47. The van der Waals surface area contributed by atoms with Gasteiger partial charge in [-0.15, -0.1) is 10.2 Å². The van der Waals surface area contributed by atoms with Gasteiger partial charge in [0.1, 0.15) is 0 Å². The normalized spacial score (nSPS) is 11.5. The van der Waals surface area contributed by atoms with E-state index in [1.807, 2.05) is 23.6 Å². The third kappa shape index (κ3) is 5.30. The first-order valence-corrected chi connectivity index (χ1v) is 9.93. The van der Waals surface area contributed by atoms with Crippen molar-refractivity contribution in [3.63, 3.8) is 0 Å². The molecule has 0 unspecified atom stereocenters. The molecule has 3 rings (SSSR count). The maximum Gasteiger partial charge on any atom is 0.416 e. The molecule has 0 spiro atoms. The van der Waals surface area contributed by atoms with Crippen LogP contribution in [0, 0.1) is 0 Å². The summed E-state index contributed by atoms with van der Waals surface area (Å²) in [6.45, 7) is 2.51. The Kier molecular flexibility index (Phi) is 6.49. The number of alkyl halides is 3. The first-order valence-electron chi connectivity index (χ1n) is 8.57. The standard InChI is InChI=1S/C19H16ClF3N4OS/c1-2-27-17(12-6-8-14(20)9-7-12)25-26-18(27)29-11-16(28)24-15-5-3-4-13(10-15)19(21,22)23/h3-10H,2,11H2,1H3,(H,24,28). The van der Waals surface area contributed by atoms with Crippen molar-refractivity contribution in [1.82, 2.24) is 14.8 Å². The number of carbonyl (C=O) groups is 1. The van der Waals surface area contributed by atoms with E-state index >= 15 is 0 Å². The number of carbonyl (C=O) groups excluding carboxylic acids is 1. The Labute approximate surface area is 174 Å². The lowest BCUT2D eigenvalue weighted by atomic mass is 10.2. The van der Waals surface area contributed by atoms with Crippen molar-refractivity contribution < 1.29 is 18.0 Å². The molecule has 10 heteroatoms. The molecule has 0 fully saturated rings. The summed E-state index contributed by atoms with van der Waals surface area (Å²) in [5.74, 6) is 0.188. The zero-order valence-electron chi connectivity index (χ0n) is 15.2. The van der Waals surface area contributed by atoms with Gasteiger partial charge in [-0.1, -0.05) is 29.4 Å². The Bertz CT molecular complexity index is 1010. The van der Waals surface area contributed by atoms with Crippen LogP contribution in [-0.4, -0.2) is 26.4 Å². The van der Waals surface area contributed by atoms with E-state index in [2.05, 4.69) is 15.5 Å². The average molecular weight is 441 g/mol. The van der Waals surface area contributed by atoms with Crippen molar-refractivity contribution in [2.75, 3.05) is 11.1 Å². The number of rotatable bonds is 6. The molecule has 0 bridgehead atoms. The number of hydrogen-bond acceptors (Lipinski definition) is 4. The summed E-state index contributed by atoms with van der Waals surface area (Å²) < 4.78 is 40.2. The van der Waals surface area contributed by atoms with Crippen LogP contribution < -0.4 is 5.32 Å². The fourth-order valence-corrected chi connectivity index (χ4v) is 3.52. The number of nitrogens with zero attached hydrogens (tertiary/aromatic N) is 3. The highest BCUT2D eigenvalue weighted by Crippen LogP contribution is 2.31. The van der Waals surface area contributed by atoms with Crippen molar-refractivity contribution in [3.8, 4) is 11.4 Å². The van der Waals surface area contributed by atoms with Crippen LogP contribution in [0.5, 0.6) is 0 Å². The number of nitrogens with one attached hydrogen (secondary N) is 1. The first-order chi connectivity index (χ1) is 13.8. The molecule has 0 aliphatic rings. The van der Waals surface area contributed by atoms with E-state index < -0.39 is 17.6 Å². The maximum absolute atomic E-state index is 12.8. The van der Waals surface area contributed by atoms with E-state index in [4.69, 9.17) is 11.6 Å². The molecule has 152 valence electrons. The molecule has 29 heavy (non-hydrogen) atoms. The van der Waals surface area contributed by atoms with Crippen LogP contribution in [0.3, 0.4) is 0 Å². The molecule has 5 nitrogen and oxygen atoms in total. The van der Waals surface area contributed by atoms with Crippen LogP contribution in [0.2, 0.25) is 5.02 Å². The quantitative estimate of drug-likeness (QED) is 0.523. The number of aromatic nitrogens is 3.